The molecule has 2 saturated heterocycles. The van der Waals surface area contributed by atoms with E-state index in [1.807, 2.05) is 0 Å². The van der Waals surface area contributed by atoms with Crippen LogP contribution in [0.25, 0.3) is 0 Å². The molecule has 2 aliphatic heterocycles. The fourth-order valence-corrected chi connectivity index (χ4v) is 3.80. The quantitative estimate of drug-likeness (QED) is 0.806. The average molecular weight is 318 g/mol. The molecular weight excluding hydrogens is 288 g/mol. The number of amides is 1. The van der Waals surface area contributed by atoms with Gasteiger partial charge in [-0.25, -0.2) is 0 Å². The van der Waals surface area contributed by atoms with Crippen molar-refractivity contribution in [1.29, 1.82) is 0 Å². The van der Waals surface area contributed by atoms with Gasteiger partial charge in [-0.15, -0.1) is 0 Å². The molecule has 4 nitrogen and oxygen atoms in total. The summed E-state index contributed by atoms with van der Waals surface area (Å²) >= 11 is 0. The van der Waals surface area contributed by atoms with Crippen molar-refractivity contribution in [1.82, 2.24) is 9.80 Å². The molecule has 0 bridgehead atoms. The summed E-state index contributed by atoms with van der Waals surface area (Å²) in [5.41, 5.74) is 0. The molecule has 0 spiro atoms. The van der Waals surface area contributed by atoms with E-state index in [0.717, 1.165) is 69.4 Å². The summed E-state index contributed by atoms with van der Waals surface area (Å²) in [5.74, 6) is 3.27. The molecule has 0 N–H and O–H groups in total. The molecule has 128 valence electrons. The first-order valence-electron chi connectivity index (χ1n) is 9.32. The van der Waals surface area contributed by atoms with E-state index in [1.54, 1.807) is 0 Å². The highest BCUT2D eigenvalue weighted by Gasteiger charge is 2.23. The van der Waals surface area contributed by atoms with Crippen LogP contribution in [-0.2, 0) is 17.8 Å². The molecule has 2 fully saturated rings. The van der Waals surface area contributed by atoms with Crippen molar-refractivity contribution < 1.29 is 9.21 Å². The molecule has 0 aromatic carbocycles. The fourth-order valence-electron chi connectivity index (χ4n) is 3.80. The lowest BCUT2D eigenvalue weighted by Gasteiger charge is -2.31. The number of hydrogen-bond acceptors (Lipinski definition) is 3. The summed E-state index contributed by atoms with van der Waals surface area (Å²) in [4.78, 5) is 16.7. The molecule has 4 heteroatoms. The van der Waals surface area contributed by atoms with Crippen LogP contribution in [0.5, 0.6) is 0 Å². The normalized spacial score (nSPS) is 20.3. The number of nitrogens with zero attached hydrogens (tertiary/aromatic N) is 2. The molecule has 0 aliphatic carbocycles. The number of rotatable bonds is 6. The Morgan fingerprint density at radius 3 is 2.48 bits per heavy atom. The fraction of sp³-hybridized carbons (Fsp3) is 0.737. The predicted molar refractivity (Wildman–Crippen MR) is 91.1 cm³/mol. The van der Waals surface area contributed by atoms with Gasteiger partial charge < -0.3 is 9.32 Å². The Labute approximate surface area is 139 Å². The van der Waals surface area contributed by atoms with Gasteiger partial charge in [0.2, 0.25) is 5.91 Å². The highest BCUT2D eigenvalue weighted by Crippen LogP contribution is 2.24. The van der Waals surface area contributed by atoms with E-state index in [9.17, 15) is 4.79 Å². The molecule has 1 aromatic rings. The van der Waals surface area contributed by atoms with Gasteiger partial charge >= 0.3 is 0 Å². The van der Waals surface area contributed by atoms with Crippen LogP contribution in [0.4, 0.5) is 0 Å². The zero-order chi connectivity index (χ0) is 16.1. The third kappa shape index (κ3) is 4.60. The number of carbonyl (C=O) groups excluding carboxylic acids is 1. The molecule has 0 saturated carbocycles. The first-order chi connectivity index (χ1) is 11.2. The number of carbonyl (C=O) groups is 1. The van der Waals surface area contributed by atoms with Gasteiger partial charge in [0.05, 0.1) is 6.54 Å². The van der Waals surface area contributed by atoms with E-state index in [2.05, 4.69) is 28.9 Å². The Morgan fingerprint density at radius 2 is 1.83 bits per heavy atom. The first kappa shape index (κ1) is 16.6. The number of furan rings is 1. The van der Waals surface area contributed by atoms with Crippen molar-refractivity contribution in [2.24, 2.45) is 5.92 Å². The summed E-state index contributed by atoms with van der Waals surface area (Å²) in [7, 11) is 0. The SMILES string of the molecule is CCc1ccc(CN2CCC(CCC(=O)N3CCCC3)CC2)o1. The maximum absolute atomic E-state index is 12.1. The van der Waals surface area contributed by atoms with Crippen LogP contribution in [-0.4, -0.2) is 41.9 Å². The number of piperidine rings is 1. The van der Waals surface area contributed by atoms with E-state index < -0.39 is 0 Å². The van der Waals surface area contributed by atoms with Gasteiger partial charge in [-0.3, -0.25) is 9.69 Å². The topological polar surface area (TPSA) is 36.7 Å². The molecule has 1 aromatic heterocycles. The Hall–Kier alpha value is -1.29. The van der Waals surface area contributed by atoms with Crippen molar-refractivity contribution in [2.45, 2.75) is 58.4 Å². The minimum absolute atomic E-state index is 0.382. The van der Waals surface area contributed by atoms with Crippen LogP contribution in [0.2, 0.25) is 0 Å². The van der Waals surface area contributed by atoms with Crippen LogP contribution in [0, 0.1) is 5.92 Å². The van der Waals surface area contributed by atoms with Gasteiger partial charge in [-0.05, 0) is 63.2 Å². The molecule has 2 aliphatic rings. The highest BCUT2D eigenvalue weighted by molar-refractivity contribution is 5.76. The third-order valence-corrected chi connectivity index (χ3v) is 5.38. The minimum Gasteiger partial charge on any atom is -0.465 e. The van der Waals surface area contributed by atoms with Crippen LogP contribution in [0.15, 0.2) is 16.5 Å². The van der Waals surface area contributed by atoms with Crippen LogP contribution >= 0.6 is 0 Å². The van der Waals surface area contributed by atoms with Gasteiger partial charge in [0, 0.05) is 25.9 Å². The lowest BCUT2D eigenvalue weighted by Crippen LogP contribution is -2.34. The average Bonchev–Trinajstić information content (AvgIpc) is 3.25. The zero-order valence-electron chi connectivity index (χ0n) is 14.4. The second kappa shape index (κ2) is 8.00. The molecule has 1 amide bonds. The Kier molecular flexibility index (Phi) is 5.76. The summed E-state index contributed by atoms with van der Waals surface area (Å²) < 4.78 is 5.81. The van der Waals surface area contributed by atoms with E-state index in [1.165, 1.54) is 25.7 Å². The summed E-state index contributed by atoms with van der Waals surface area (Å²) in [6.07, 6.45) is 7.61. The van der Waals surface area contributed by atoms with Crippen molar-refractivity contribution in [3.05, 3.63) is 23.7 Å². The number of likely N-dealkylation sites (tertiary alicyclic amines) is 2. The van der Waals surface area contributed by atoms with E-state index in [-0.39, 0.29) is 0 Å². The summed E-state index contributed by atoms with van der Waals surface area (Å²) in [5, 5.41) is 0. The van der Waals surface area contributed by atoms with E-state index in [0.29, 0.717) is 5.91 Å². The smallest absolute Gasteiger partial charge is 0.222 e. The van der Waals surface area contributed by atoms with Crippen LogP contribution in [0.1, 0.15) is 57.0 Å². The molecule has 3 rings (SSSR count). The second-order valence-corrected chi connectivity index (χ2v) is 7.07. The van der Waals surface area contributed by atoms with Gasteiger partial charge in [-0.1, -0.05) is 6.92 Å². The Bertz CT molecular complexity index is 497. The first-order valence-corrected chi connectivity index (χ1v) is 9.32. The van der Waals surface area contributed by atoms with Gasteiger partial charge in [0.25, 0.3) is 0 Å². The van der Waals surface area contributed by atoms with Crippen molar-refractivity contribution >= 4 is 5.91 Å². The van der Waals surface area contributed by atoms with Gasteiger partial charge in [-0.2, -0.15) is 0 Å². The largest absolute Gasteiger partial charge is 0.465 e. The van der Waals surface area contributed by atoms with Gasteiger partial charge in [0.15, 0.2) is 0 Å². The molecule has 23 heavy (non-hydrogen) atoms. The molecule has 0 unspecified atom stereocenters. The Morgan fingerprint density at radius 1 is 1.13 bits per heavy atom. The van der Waals surface area contributed by atoms with E-state index in [4.69, 9.17) is 4.42 Å². The van der Waals surface area contributed by atoms with Crippen LogP contribution in [0.3, 0.4) is 0 Å². The summed E-state index contributed by atoms with van der Waals surface area (Å²) in [6, 6.07) is 4.20. The lowest BCUT2D eigenvalue weighted by molar-refractivity contribution is -0.130. The van der Waals surface area contributed by atoms with Crippen LogP contribution < -0.4 is 0 Å². The standard InChI is InChI=1S/C19H30N2O2/c1-2-17-6-7-18(23-17)15-20-13-9-16(10-14-20)5-8-19(22)21-11-3-4-12-21/h6-7,16H,2-5,8-15H2,1H3. The number of aryl methyl sites for hydroxylation is 1. The Balaban J connectivity index is 1.35. The maximum atomic E-state index is 12.1. The third-order valence-electron chi connectivity index (χ3n) is 5.38. The molecule has 0 atom stereocenters. The lowest BCUT2D eigenvalue weighted by atomic mass is 9.92. The zero-order valence-corrected chi connectivity index (χ0v) is 14.4. The van der Waals surface area contributed by atoms with Gasteiger partial charge in [0.1, 0.15) is 11.5 Å². The number of hydrogen-bond donors (Lipinski definition) is 0. The van der Waals surface area contributed by atoms with Crippen molar-refractivity contribution in [2.75, 3.05) is 26.2 Å². The molecule has 0 radical (unpaired) electrons. The molecular formula is C19H30N2O2. The second-order valence-electron chi connectivity index (χ2n) is 7.07. The predicted octanol–water partition coefficient (Wildman–Crippen LogP) is 3.46. The summed E-state index contributed by atoms with van der Waals surface area (Å²) in [6.45, 7) is 7.28. The monoisotopic (exact) mass is 318 g/mol. The van der Waals surface area contributed by atoms with Crippen molar-refractivity contribution in [3.63, 3.8) is 0 Å². The minimum atomic E-state index is 0.382. The van der Waals surface area contributed by atoms with E-state index >= 15 is 0 Å². The maximum Gasteiger partial charge on any atom is 0.222 e. The van der Waals surface area contributed by atoms with Crippen molar-refractivity contribution in [3.8, 4) is 0 Å². The highest BCUT2D eigenvalue weighted by atomic mass is 16.3. The molecule has 3 heterocycles.